The number of hydrogen-bond donors (Lipinski definition) is 1. The average Bonchev–Trinajstić information content (AvgIpc) is 2.90. The van der Waals surface area contributed by atoms with E-state index in [9.17, 15) is 13.9 Å². The van der Waals surface area contributed by atoms with E-state index >= 15 is 0 Å². The molecule has 0 heterocycles. The first kappa shape index (κ1) is 11.1. The van der Waals surface area contributed by atoms with Crippen molar-refractivity contribution in [2.75, 3.05) is 0 Å². The normalized spacial score (nSPS) is 33.0. The van der Waals surface area contributed by atoms with E-state index in [0.717, 1.165) is 19.3 Å². The molecule has 17 heavy (non-hydrogen) atoms. The van der Waals surface area contributed by atoms with Crippen LogP contribution in [0.4, 0.5) is 8.78 Å². The maximum absolute atomic E-state index is 13.6. The lowest BCUT2D eigenvalue weighted by molar-refractivity contribution is 0.0682. The summed E-state index contributed by atoms with van der Waals surface area (Å²) in [5.74, 6) is -0.0933. The molecule has 0 aliphatic heterocycles. The third kappa shape index (κ3) is 1.77. The summed E-state index contributed by atoms with van der Waals surface area (Å²) in [6, 6.07) is 3.77. The maximum atomic E-state index is 13.6. The van der Waals surface area contributed by atoms with E-state index in [0.29, 0.717) is 11.8 Å². The van der Waals surface area contributed by atoms with Gasteiger partial charge in [0.2, 0.25) is 0 Å². The van der Waals surface area contributed by atoms with Gasteiger partial charge in [0, 0.05) is 0 Å². The number of aliphatic hydroxyl groups is 1. The molecule has 3 heteroatoms. The molecule has 1 nitrogen and oxygen atoms in total. The fourth-order valence-corrected chi connectivity index (χ4v) is 3.69. The maximum Gasteiger partial charge on any atom is 0.131 e. The van der Waals surface area contributed by atoms with E-state index in [4.69, 9.17) is 0 Å². The summed E-state index contributed by atoms with van der Waals surface area (Å²) in [6.07, 6.45) is 3.37. The molecule has 4 atom stereocenters. The van der Waals surface area contributed by atoms with E-state index in [-0.39, 0.29) is 11.5 Å². The van der Waals surface area contributed by atoms with Crippen molar-refractivity contribution in [3.05, 3.63) is 35.4 Å². The molecule has 2 aliphatic carbocycles. The highest BCUT2D eigenvalue weighted by Gasteiger charge is 2.44. The van der Waals surface area contributed by atoms with Crippen LogP contribution in [0, 0.1) is 29.4 Å². The second-order valence-corrected chi connectivity index (χ2v) is 5.42. The lowest BCUT2D eigenvalue weighted by Gasteiger charge is -2.27. The van der Waals surface area contributed by atoms with Gasteiger partial charge in [0.1, 0.15) is 11.6 Å². The smallest absolute Gasteiger partial charge is 0.131 e. The van der Waals surface area contributed by atoms with Gasteiger partial charge in [0.25, 0.3) is 0 Å². The van der Waals surface area contributed by atoms with E-state index in [1.54, 1.807) is 0 Å². The molecule has 0 aromatic heterocycles. The van der Waals surface area contributed by atoms with Gasteiger partial charge in [-0.15, -0.1) is 0 Å². The minimum absolute atomic E-state index is 0.0418. The van der Waals surface area contributed by atoms with Crippen molar-refractivity contribution in [3.63, 3.8) is 0 Å². The van der Waals surface area contributed by atoms with Crippen LogP contribution in [-0.4, -0.2) is 5.11 Å². The molecule has 0 saturated heterocycles. The zero-order chi connectivity index (χ0) is 12.0. The summed E-state index contributed by atoms with van der Waals surface area (Å²) in [7, 11) is 0. The molecule has 1 N–H and O–H groups in total. The summed E-state index contributed by atoms with van der Waals surface area (Å²) in [5.41, 5.74) is -0.134. The summed E-state index contributed by atoms with van der Waals surface area (Å²) < 4.78 is 27.2. The standard InChI is InChI=1S/C14H16F2O/c15-11-2-1-3-12(16)13(11)14(17)10-7-8-4-5-9(10)6-8/h1-3,8-10,14,17H,4-7H2. The van der Waals surface area contributed by atoms with Crippen molar-refractivity contribution in [1.82, 2.24) is 0 Å². The van der Waals surface area contributed by atoms with Gasteiger partial charge in [0.05, 0.1) is 11.7 Å². The Morgan fingerprint density at radius 1 is 1.12 bits per heavy atom. The molecule has 4 unspecified atom stereocenters. The Kier molecular flexibility index (Phi) is 2.66. The van der Waals surface area contributed by atoms with Gasteiger partial charge in [-0.2, -0.15) is 0 Å². The van der Waals surface area contributed by atoms with Crippen molar-refractivity contribution in [2.45, 2.75) is 31.8 Å². The Balaban J connectivity index is 1.89. The average molecular weight is 238 g/mol. The van der Waals surface area contributed by atoms with E-state index in [1.807, 2.05) is 0 Å². The molecule has 0 radical (unpaired) electrons. The molecule has 2 aliphatic rings. The second kappa shape index (κ2) is 4.05. The van der Waals surface area contributed by atoms with E-state index in [2.05, 4.69) is 0 Å². The van der Waals surface area contributed by atoms with Crippen molar-refractivity contribution in [3.8, 4) is 0 Å². The topological polar surface area (TPSA) is 20.2 Å². The predicted octanol–water partition coefficient (Wildman–Crippen LogP) is 3.43. The number of aliphatic hydroxyl groups excluding tert-OH is 1. The van der Waals surface area contributed by atoms with Crippen molar-refractivity contribution in [1.29, 1.82) is 0 Å². The van der Waals surface area contributed by atoms with Gasteiger partial charge in [-0.3, -0.25) is 0 Å². The van der Waals surface area contributed by atoms with Crippen LogP contribution in [-0.2, 0) is 0 Å². The minimum atomic E-state index is -0.980. The van der Waals surface area contributed by atoms with Crippen LogP contribution in [0.25, 0.3) is 0 Å². The van der Waals surface area contributed by atoms with E-state index in [1.165, 1.54) is 24.6 Å². The van der Waals surface area contributed by atoms with Gasteiger partial charge < -0.3 is 5.11 Å². The lowest BCUT2D eigenvalue weighted by Crippen LogP contribution is -2.21. The van der Waals surface area contributed by atoms with Crippen LogP contribution in [0.15, 0.2) is 18.2 Å². The predicted molar refractivity (Wildman–Crippen MR) is 60.3 cm³/mol. The lowest BCUT2D eigenvalue weighted by atomic mass is 9.82. The summed E-state index contributed by atoms with van der Waals surface area (Å²) in [5, 5.41) is 10.2. The Bertz CT molecular complexity index is 412. The molecule has 2 bridgehead atoms. The Morgan fingerprint density at radius 3 is 2.35 bits per heavy atom. The Labute approximate surface area is 99.5 Å². The third-order valence-electron chi connectivity index (χ3n) is 4.49. The van der Waals surface area contributed by atoms with Crippen molar-refractivity contribution >= 4 is 0 Å². The van der Waals surface area contributed by atoms with Gasteiger partial charge >= 0.3 is 0 Å². The molecule has 92 valence electrons. The molecule has 3 rings (SSSR count). The van der Waals surface area contributed by atoms with Crippen LogP contribution in [0.5, 0.6) is 0 Å². The van der Waals surface area contributed by atoms with Crippen LogP contribution in [0.2, 0.25) is 0 Å². The molecular weight excluding hydrogens is 222 g/mol. The molecular formula is C14H16F2O. The number of benzene rings is 1. The number of halogens is 2. The highest BCUT2D eigenvalue weighted by molar-refractivity contribution is 5.23. The Hall–Kier alpha value is -0.960. The van der Waals surface area contributed by atoms with Crippen molar-refractivity contribution < 1.29 is 13.9 Å². The molecule has 1 aromatic rings. The molecule has 0 amide bonds. The molecule has 2 saturated carbocycles. The minimum Gasteiger partial charge on any atom is -0.388 e. The highest BCUT2D eigenvalue weighted by atomic mass is 19.1. The third-order valence-corrected chi connectivity index (χ3v) is 4.49. The van der Waals surface area contributed by atoms with Crippen LogP contribution in [0.1, 0.15) is 37.4 Å². The summed E-state index contributed by atoms with van der Waals surface area (Å²) in [6.45, 7) is 0. The first-order valence-electron chi connectivity index (χ1n) is 6.29. The number of hydrogen-bond acceptors (Lipinski definition) is 1. The monoisotopic (exact) mass is 238 g/mol. The first-order valence-corrected chi connectivity index (χ1v) is 6.29. The largest absolute Gasteiger partial charge is 0.388 e. The van der Waals surface area contributed by atoms with Gasteiger partial charge in [0.15, 0.2) is 0 Å². The summed E-state index contributed by atoms with van der Waals surface area (Å²) >= 11 is 0. The fraction of sp³-hybridized carbons (Fsp3) is 0.571. The van der Waals surface area contributed by atoms with Crippen LogP contribution in [0.3, 0.4) is 0 Å². The highest BCUT2D eigenvalue weighted by Crippen LogP contribution is 2.52. The van der Waals surface area contributed by atoms with Crippen LogP contribution >= 0.6 is 0 Å². The number of rotatable bonds is 2. The number of fused-ring (bicyclic) bond motifs is 2. The Morgan fingerprint density at radius 2 is 1.82 bits per heavy atom. The van der Waals surface area contributed by atoms with Crippen LogP contribution < -0.4 is 0 Å². The van der Waals surface area contributed by atoms with Gasteiger partial charge in [-0.1, -0.05) is 12.5 Å². The summed E-state index contributed by atoms with van der Waals surface area (Å²) in [4.78, 5) is 0. The quantitative estimate of drug-likeness (QED) is 0.836. The van der Waals surface area contributed by atoms with Crippen molar-refractivity contribution in [2.24, 2.45) is 17.8 Å². The zero-order valence-corrected chi connectivity index (χ0v) is 9.57. The van der Waals surface area contributed by atoms with E-state index < -0.39 is 17.7 Å². The molecule has 1 aromatic carbocycles. The second-order valence-electron chi connectivity index (χ2n) is 5.42. The molecule has 0 spiro atoms. The van der Waals surface area contributed by atoms with Gasteiger partial charge in [-0.25, -0.2) is 8.78 Å². The first-order chi connectivity index (χ1) is 8.16. The van der Waals surface area contributed by atoms with Gasteiger partial charge in [-0.05, 0) is 49.1 Å². The zero-order valence-electron chi connectivity index (χ0n) is 9.57. The SMILES string of the molecule is OC(c1c(F)cccc1F)C1CC2CCC1C2. The molecule has 2 fully saturated rings. The fourth-order valence-electron chi connectivity index (χ4n) is 3.69.